The predicted octanol–water partition coefficient (Wildman–Crippen LogP) is 16.3. The van der Waals surface area contributed by atoms with Crippen molar-refractivity contribution in [1.29, 1.82) is 0 Å². The minimum Gasteiger partial charge on any atom is -0.456 e. The summed E-state index contributed by atoms with van der Waals surface area (Å²) >= 11 is 0. The lowest BCUT2D eigenvalue weighted by atomic mass is 9.81. The monoisotopic (exact) mass is 887 g/mol. The quantitative estimate of drug-likeness (QED) is 0.166. The Labute approximate surface area is 399 Å². The van der Waals surface area contributed by atoms with Crippen LogP contribution in [0.25, 0.3) is 94.5 Å². The zero-order valence-corrected chi connectivity index (χ0v) is 38.7. The van der Waals surface area contributed by atoms with Crippen molar-refractivity contribution in [3.05, 3.63) is 222 Å². The van der Waals surface area contributed by atoms with Crippen LogP contribution >= 0.6 is 0 Å². The van der Waals surface area contributed by atoms with E-state index in [0.717, 1.165) is 71.9 Å². The second kappa shape index (κ2) is 14.4. The van der Waals surface area contributed by atoms with Crippen molar-refractivity contribution in [1.82, 2.24) is 19.5 Å². The molecule has 0 radical (unpaired) electrons. The van der Waals surface area contributed by atoms with E-state index in [1.807, 2.05) is 18.2 Å². The molecule has 0 saturated heterocycles. The molecule has 6 heteroatoms. The summed E-state index contributed by atoms with van der Waals surface area (Å²) in [6.45, 7) is 9.39. The van der Waals surface area contributed by atoms with Crippen molar-refractivity contribution in [2.75, 3.05) is 4.90 Å². The van der Waals surface area contributed by atoms with Crippen LogP contribution in [0, 0.1) is 0 Å². The average Bonchev–Trinajstić information content (AvgIpc) is 4.08. The Balaban J connectivity index is 1.11. The Morgan fingerprint density at radius 1 is 0.435 bits per heavy atom. The fourth-order valence-electron chi connectivity index (χ4n) is 11.9. The highest BCUT2D eigenvalue weighted by molar-refractivity contribution is 6.13. The third kappa shape index (κ3) is 5.63. The number of benzene rings is 9. The van der Waals surface area contributed by atoms with Gasteiger partial charge in [0.1, 0.15) is 11.2 Å². The van der Waals surface area contributed by atoms with E-state index in [0.29, 0.717) is 17.6 Å². The number of para-hydroxylation sites is 4. The first kappa shape index (κ1) is 39.5. The van der Waals surface area contributed by atoms with Crippen molar-refractivity contribution >= 4 is 61.1 Å². The zero-order chi connectivity index (χ0) is 46.2. The summed E-state index contributed by atoms with van der Waals surface area (Å²) < 4.78 is 8.72. The van der Waals surface area contributed by atoms with Gasteiger partial charge in [0.05, 0.1) is 22.4 Å². The highest BCUT2D eigenvalue weighted by Gasteiger charge is 2.42. The molecule has 0 saturated carbocycles. The smallest absolute Gasteiger partial charge is 0.238 e. The van der Waals surface area contributed by atoms with E-state index < -0.39 is 0 Å². The van der Waals surface area contributed by atoms with Crippen LogP contribution in [-0.4, -0.2) is 19.5 Å². The van der Waals surface area contributed by atoms with Crippen LogP contribution in [0.2, 0.25) is 0 Å². The topological polar surface area (TPSA) is 60.0 Å². The number of aromatic nitrogens is 4. The van der Waals surface area contributed by atoms with Gasteiger partial charge in [0.15, 0.2) is 11.6 Å². The summed E-state index contributed by atoms with van der Waals surface area (Å²) in [5, 5.41) is 4.34. The molecule has 14 rings (SSSR count). The highest BCUT2D eigenvalue weighted by atomic mass is 16.3. The third-order valence-corrected chi connectivity index (χ3v) is 15.0. The standard InChI is InChI=1S/C63H45N5O/c1-62(2)49-29-13-9-24-45(49)56-50(62)30-18-32-52(56)68(53-33-17-25-43-40-21-8-12-28-48(40)63(3,4)57(43)53)61-65-59(38-35-36-55-47(37-38)42-23-11-15-34-54(42)69-55)64-60(66-61)46-27-16-26-44-41-22-10-14-31-51(41)67(58(44)46)39-19-6-5-7-20-39/h5-37H,1-4H3. The van der Waals surface area contributed by atoms with E-state index in [-0.39, 0.29) is 10.8 Å². The minimum absolute atomic E-state index is 0.236. The van der Waals surface area contributed by atoms with Crippen LogP contribution in [0.15, 0.2) is 205 Å². The predicted molar refractivity (Wildman–Crippen MR) is 282 cm³/mol. The molecule has 2 aliphatic rings. The number of fused-ring (bicyclic) bond motifs is 12. The van der Waals surface area contributed by atoms with Crippen LogP contribution < -0.4 is 4.90 Å². The number of hydrogen-bond acceptors (Lipinski definition) is 5. The summed E-state index contributed by atoms with van der Waals surface area (Å²) in [6, 6.07) is 71.5. The maximum Gasteiger partial charge on any atom is 0.238 e. The van der Waals surface area contributed by atoms with Gasteiger partial charge in [-0.05, 0) is 99.6 Å². The lowest BCUT2D eigenvalue weighted by Gasteiger charge is -2.32. The van der Waals surface area contributed by atoms with Gasteiger partial charge in [-0.15, -0.1) is 0 Å². The van der Waals surface area contributed by atoms with Crippen molar-refractivity contribution < 1.29 is 4.42 Å². The normalized spacial score (nSPS) is 14.0. The van der Waals surface area contributed by atoms with Gasteiger partial charge in [-0.25, -0.2) is 4.98 Å². The molecule has 0 fully saturated rings. The molecule has 2 aliphatic carbocycles. The molecule has 69 heavy (non-hydrogen) atoms. The average molecular weight is 888 g/mol. The van der Waals surface area contributed by atoms with Gasteiger partial charge in [-0.2, -0.15) is 9.97 Å². The van der Waals surface area contributed by atoms with Gasteiger partial charge >= 0.3 is 0 Å². The van der Waals surface area contributed by atoms with E-state index >= 15 is 0 Å². The lowest BCUT2D eigenvalue weighted by molar-refractivity contribution is 0.659. The van der Waals surface area contributed by atoms with Crippen molar-refractivity contribution in [2.45, 2.75) is 38.5 Å². The first-order valence-electron chi connectivity index (χ1n) is 23.8. The lowest BCUT2D eigenvalue weighted by Crippen LogP contribution is -2.23. The van der Waals surface area contributed by atoms with Crippen molar-refractivity contribution in [2.24, 2.45) is 0 Å². The maximum atomic E-state index is 6.36. The Morgan fingerprint density at radius 2 is 1.04 bits per heavy atom. The van der Waals surface area contributed by atoms with Gasteiger partial charge in [-0.3, -0.25) is 4.90 Å². The summed E-state index contributed by atoms with van der Waals surface area (Å²) in [6.07, 6.45) is 0. The molecule has 12 aromatic rings. The molecule has 0 unspecified atom stereocenters. The summed E-state index contributed by atoms with van der Waals surface area (Å²) in [4.78, 5) is 19.3. The van der Waals surface area contributed by atoms with Crippen LogP contribution in [0.1, 0.15) is 49.9 Å². The SMILES string of the molecule is CC1(C)c2ccccc2-c2c(N(c3nc(-c4ccc5oc6ccccc6c5c4)nc(-c4cccc5c6ccccc6n(-c6ccccc6)c45)n3)c3cccc4c3C(C)(C)c3ccccc3-4)cccc21. The molecule has 0 spiro atoms. The zero-order valence-electron chi connectivity index (χ0n) is 38.7. The molecule has 3 heterocycles. The Bertz CT molecular complexity index is 4100. The van der Waals surface area contributed by atoms with E-state index in [9.17, 15) is 0 Å². The second-order valence-corrected chi connectivity index (χ2v) is 19.6. The summed E-state index contributed by atoms with van der Waals surface area (Å²) in [5.41, 5.74) is 18.1. The molecular formula is C63H45N5O. The first-order chi connectivity index (χ1) is 33.8. The molecule has 3 aromatic heterocycles. The van der Waals surface area contributed by atoms with E-state index in [2.05, 4.69) is 219 Å². The van der Waals surface area contributed by atoms with Crippen LogP contribution in [0.3, 0.4) is 0 Å². The fourth-order valence-corrected chi connectivity index (χ4v) is 11.9. The highest BCUT2D eigenvalue weighted by Crippen LogP contribution is 2.58. The minimum atomic E-state index is -0.343. The second-order valence-electron chi connectivity index (χ2n) is 19.6. The largest absolute Gasteiger partial charge is 0.456 e. The Hall–Kier alpha value is -8.61. The van der Waals surface area contributed by atoms with Crippen LogP contribution in [-0.2, 0) is 10.8 Å². The van der Waals surface area contributed by atoms with E-state index in [1.165, 1.54) is 44.5 Å². The van der Waals surface area contributed by atoms with Crippen molar-refractivity contribution in [3.8, 4) is 50.7 Å². The number of hydrogen-bond donors (Lipinski definition) is 0. The molecule has 328 valence electrons. The molecule has 6 nitrogen and oxygen atoms in total. The first-order valence-corrected chi connectivity index (χ1v) is 23.8. The number of anilines is 3. The van der Waals surface area contributed by atoms with E-state index in [4.69, 9.17) is 19.4 Å². The molecule has 0 atom stereocenters. The summed E-state index contributed by atoms with van der Waals surface area (Å²) in [7, 11) is 0. The third-order valence-electron chi connectivity index (χ3n) is 15.0. The van der Waals surface area contributed by atoms with Gasteiger partial charge in [0.2, 0.25) is 5.95 Å². The van der Waals surface area contributed by atoms with Crippen LogP contribution in [0.5, 0.6) is 0 Å². The maximum absolute atomic E-state index is 6.36. The molecule has 0 amide bonds. The summed E-state index contributed by atoms with van der Waals surface area (Å²) in [5.74, 6) is 1.67. The van der Waals surface area contributed by atoms with Gasteiger partial charge in [0.25, 0.3) is 0 Å². The Kier molecular flexibility index (Phi) is 8.28. The number of nitrogens with zero attached hydrogens (tertiary/aromatic N) is 5. The van der Waals surface area contributed by atoms with E-state index in [1.54, 1.807) is 0 Å². The molecule has 0 bridgehead atoms. The number of furan rings is 1. The van der Waals surface area contributed by atoms with Gasteiger partial charge in [-0.1, -0.05) is 167 Å². The molecular weight excluding hydrogens is 843 g/mol. The number of rotatable bonds is 6. The molecule has 0 N–H and O–H groups in total. The van der Waals surface area contributed by atoms with Crippen molar-refractivity contribution in [3.63, 3.8) is 0 Å². The fraction of sp³-hybridized carbons (Fsp3) is 0.0952. The van der Waals surface area contributed by atoms with Gasteiger partial charge < -0.3 is 8.98 Å². The molecule has 9 aromatic carbocycles. The van der Waals surface area contributed by atoms with Crippen LogP contribution in [0.4, 0.5) is 17.3 Å². The Morgan fingerprint density at radius 3 is 1.90 bits per heavy atom. The van der Waals surface area contributed by atoms with Gasteiger partial charge in [0, 0.05) is 54.8 Å². The molecule has 0 aliphatic heterocycles.